The van der Waals surface area contributed by atoms with Gasteiger partial charge in [0.25, 0.3) is 0 Å². The molecule has 0 amide bonds. The van der Waals surface area contributed by atoms with Gasteiger partial charge in [0.1, 0.15) is 5.01 Å². The van der Waals surface area contributed by atoms with Crippen LogP contribution in [0.1, 0.15) is 16.3 Å². The molecule has 0 saturated heterocycles. The lowest BCUT2D eigenvalue weighted by atomic mass is 10.0. The van der Waals surface area contributed by atoms with E-state index < -0.39 is 0 Å². The second-order valence-corrected chi connectivity index (χ2v) is 6.97. The fourth-order valence-electron chi connectivity index (χ4n) is 2.83. The van der Waals surface area contributed by atoms with Gasteiger partial charge in [-0.1, -0.05) is 24.3 Å². The Labute approximate surface area is 150 Å². The van der Waals surface area contributed by atoms with Crippen molar-refractivity contribution in [1.82, 2.24) is 19.7 Å². The highest BCUT2D eigenvalue weighted by Gasteiger charge is 2.08. The van der Waals surface area contributed by atoms with Gasteiger partial charge in [0.05, 0.1) is 17.9 Å². The predicted octanol–water partition coefficient (Wildman–Crippen LogP) is 4.73. The van der Waals surface area contributed by atoms with Crippen LogP contribution in [0.4, 0.5) is 0 Å². The molecule has 0 fully saturated rings. The molecule has 0 N–H and O–H groups in total. The standard InChI is InChI=1S/C20H18N4S/c1-14-5-4-9-21-20(14)17-7-3-6-16(11-17)18-8-10-24(23-18)12-19-22-15(2)13-25-19/h3-11,13H,12H2,1-2H3. The lowest BCUT2D eigenvalue weighted by Gasteiger charge is -2.06. The second-order valence-electron chi connectivity index (χ2n) is 6.03. The largest absolute Gasteiger partial charge is 0.265 e. The number of aromatic nitrogens is 4. The molecule has 0 aliphatic rings. The lowest BCUT2D eigenvalue weighted by molar-refractivity contribution is 0.684. The average Bonchev–Trinajstić information content (AvgIpc) is 3.25. The van der Waals surface area contributed by atoms with Crippen LogP contribution in [0.3, 0.4) is 0 Å². The van der Waals surface area contributed by atoms with Gasteiger partial charge in [-0.3, -0.25) is 9.67 Å². The van der Waals surface area contributed by atoms with Crippen molar-refractivity contribution in [3.05, 3.63) is 76.5 Å². The van der Waals surface area contributed by atoms with E-state index in [9.17, 15) is 0 Å². The number of hydrogen-bond acceptors (Lipinski definition) is 4. The topological polar surface area (TPSA) is 43.6 Å². The van der Waals surface area contributed by atoms with E-state index >= 15 is 0 Å². The zero-order valence-electron chi connectivity index (χ0n) is 14.2. The minimum absolute atomic E-state index is 0.706. The Morgan fingerprint density at radius 1 is 1.04 bits per heavy atom. The molecule has 0 aliphatic carbocycles. The molecule has 0 bridgehead atoms. The maximum absolute atomic E-state index is 4.71. The number of rotatable bonds is 4. The maximum atomic E-state index is 4.71. The van der Waals surface area contributed by atoms with Crippen LogP contribution in [0.2, 0.25) is 0 Å². The molecule has 0 atom stereocenters. The number of nitrogens with zero attached hydrogens (tertiary/aromatic N) is 4. The van der Waals surface area contributed by atoms with Gasteiger partial charge in [-0.05, 0) is 37.6 Å². The van der Waals surface area contributed by atoms with E-state index in [0.717, 1.165) is 33.2 Å². The molecule has 1 aromatic carbocycles. The van der Waals surface area contributed by atoms with Crippen LogP contribution in [0.15, 0.2) is 60.2 Å². The highest BCUT2D eigenvalue weighted by atomic mass is 32.1. The highest BCUT2D eigenvalue weighted by molar-refractivity contribution is 7.09. The van der Waals surface area contributed by atoms with Gasteiger partial charge >= 0.3 is 0 Å². The maximum Gasteiger partial charge on any atom is 0.114 e. The van der Waals surface area contributed by atoms with Crippen LogP contribution in [0.5, 0.6) is 0 Å². The Bertz CT molecular complexity index is 1020. The zero-order chi connectivity index (χ0) is 17.2. The number of thiazole rings is 1. The first-order chi connectivity index (χ1) is 12.2. The van der Waals surface area contributed by atoms with E-state index in [1.807, 2.05) is 36.1 Å². The minimum Gasteiger partial charge on any atom is -0.265 e. The molecule has 4 nitrogen and oxygen atoms in total. The van der Waals surface area contributed by atoms with Crippen molar-refractivity contribution < 1.29 is 0 Å². The Balaban J connectivity index is 1.62. The SMILES string of the molecule is Cc1csc(Cn2ccc(-c3cccc(-c4ncccc4C)c3)n2)n1. The molecule has 124 valence electrons. The van der Waals surface area contributed by atoms with Crippen LogP contribution in [0.25, 0.3) is 22.5 Å². The number of aryl methyl sites for hydroxylation is 2. The zero-order valence-corrected chi connectivity index (χ0v) is 15.0. The molecule has 3 aromatic heterocycles. The third-order valence-corrected chi connectivity index (χ3v) is 5.00. The molecule has 4 aromatic rings. The summed E-state index contributed by atoms with van der Waals surface area (Å²) in [5, 5.41) is 7.85. The average molecular weight is 346 g/mol. The van der Waals surface area contributed by atoms with Crippen molar-refractivity contribution in [3.63, 3.8) is 0 Å². The second kappa shape index (κ2) is 6.61. The molecule has 0 unspecified atom stereocenters. The summed E-state index contributed by atoms with van der Waals surface area (Å²) >= 11 is 1.67. The first-order valence-corrected chi connectivity index (χ1v) is 9.04. The molecule has 0 radical (unpaired) electrons. The predicted molar refractivity (Wildman–Crippen MR) is 102 cm³/mol. The molecule has 0 saturated carbocycles. The van der Waals surface area contributed by atoms with E-state index in [4.69, 9.17) is 5.10 Å². The highest BCUT2D eigenvalue weighted by Crippen LogP contribution is 2.26. The molecule has 4 rings (SSSR count). The normalized spacial score (nSPS) is 11.0. The van der Waals surface area contributed by atoms with Gasteiger partial charge < -0.3 is 0 Å². The lowest BCUT2D eigenvalue weighted by Crippen LogP contribution is -2.00. The van der Waals surface area contributed by atoms with Crippen LogP contribution < -0.4 is 0 Å². The van der Waals surface area contributed by atoms with Crippen LogP contribution >= 0.6 is 11.3 Å². The fourth-order valence-corrected chi connectivity index (χ4v) is 3.59. The summed E-state index contributed by atoms with van der Waals surface area (Å²) in [6, 6.07) is 14.5. The van der Waals surface area contributed by atoms with Crippen molar-refractivity contribution in [2.45, 2.75) is 20.4 Å². The monoisotopic (exact) mass is 346 g/mol. The van der Waals surface area contributed by atoms with Gasteiger partial charge in [-0.25, -0.2) is 4.98 Å². The van der Waals surface area contributed by atoms with E-state index in [2.05, 4.69) is 52.6 Å². The Morgan fingerprint density at radius 2 is 1.92 bits per heavy atom. The van der Waals surface area contributed by atoms with Gasteiger partial charge in [-0.2, -0.15) is 5.10 Å². The van der Waals surface area contributed by atoms with E-state index in [1.165, 1.54) is 5.56 Å². The summed E-state index contributed by atoms with van der Waals surface area (Å²) in [6.07, 6.45) is 3.84. The summed E-state index contributed by atoms with van der Waals surface area (Å²) in [5.74, 6) is 0. The third kappa shape index (κ3) is 3.37. The van der Waals surface area contributed by atoms with E-state index in [1.54, 1.807) is 11.3 Å². The van der Waals surface area contributed by atoms with E-state index in [-0.39, 0.29) is 0 Å². The summed E-state index contributed by atoms with van der Waals surface area (Å²) in [4.78, 5) is 9.02. The molecule has 5 heteroatoms. The smallest absolute Gasteiger partial charge is 0.114 e. The summed E-state index contributed by atoms with van der Waals surface area (Å²) in [5.41, 5.74) is 6.42. The quantitative estimate of drug-likeness (QED) is 0.536. The number of benzene rings is 1. The molecule has 3 heterocycles. The van der Waals surface area contributed by atoms with Crippen LogP contribution in [-0.2, 0) is 6.54 Å². The van der Waals surface area contributed by atoms with E-state index in [0.29, 0.717) is 6.54 Å². The summed E-state index contributed by atoms with van der Waals surface area (Å²) < 4.78 is 1.94. The molecule has 0 spiro atoms. The Hall–Kier alpha value is -2.79. The molecule has 0 aliphatic heterocycles. The first kappa shape index (κ1) is 15.7. The summed E-state index contributed by atoms with van der Waals surface area (Å²) in [6.45, 7) is 4.80. The first-order valence-electron chi connectivity index (χ1n) is 8.16. The number of pyridine rings is 1. The molecular weight excluding hydrogens is 328 g/mol. The Kier molecular flexibility index (Phi) is 4.15. The molecule has 25 heavy (non-hydrogen) atoms. The third-order valence-electron chi connectivity index (χ3n) is 4.05. The van der Waals surface area contributed by atoms with Crippen molar-refractivity contribution in [2.75, 3.05) is 0 Å². The van der Waals surface area contributed by atoms with Crippen LogP contribution in [0, 0.1) is 13.8 Å². The number of hydrogen-bond donors (Lipinski definition) is 0. The van der Waals surface area contributed by atoms with Crippen molar-refractivity contribution in [3.8, 4) is 22.5 Å². The van der Waals surface area contributed by atoms with Gasteiger partial charge in [0.15, 0.2) is 0 Å². The van der Waals surface area contributed by atoms with Crippen LogP contribution in [-0.4, -0.2) is 19.7 Å². The van der Waals surface area contributed by atoms with Gasteiger partial charge in [-0.15, -0.1) is 11.3 Å². The fraction of sp³-hybridized carbons (Fsp3) is 0.150. The van der Waals surface area contributed by atoms with Gasteiger partial charge in [0, 0.05) is 34.6 Å². The van der Waals surface area contributed by atoms with Gasteiger partial charge in [0.2, 0.25) is 0 Å². The summed E-state index contributed by atoms with van der Waals surface area (Å²) in [7, 11) is 0. The van der Waals surface area contributed by atoms with Crippen molar-refractivity contribution >= 4 is 11.3 Å². The van der Waals surface area contributed by atoms with Crippen molar-refractivity contribution in [2.24, 2.45) is 0 Å². The molecular formula is C20H18N4S. The minimum atomic E-state index is 0.706. The Morgan fingerprint density at radius 3 is 2.72 bits per heavy atom. The van der Waals surface area contributed by atoms with Crippen molar-refractivity contribution in [1.29, 1.82) is 0 Å².